The number of carbonyl (C=O) groups is 1. The summed E-state index contributed by atoms with van der Waals surface area (Å²) in [5.74, 6) is 2.24. The number of furan rings is 1. The second-order valence-corrected chi connectivity index (χ2v) is 7.34. The van der Waals surface area contributed by atoms with Gasteiger partial charge in [0.05, 0.1) is 26.5 Å². The maximum atomic E-state index is 12.2. The van der Waals surface area contributed by atoms with Crippen LogP contribution >= 0.6 is 11.5 Å². The number of amides is 1. The van der Waals surface area contributed by atoms with E-state index < -0.39 is 0 Å². The number of benzene rings is 1. The zero-order valence-electron chi connectivity index (χ0n) is 17.2. The predicted octanol–water partition coefficient (Wildman–Crippen LogP) is 2.89. The van der Waals surface area contributed by atoms with Gasteiger partial charge in [0.2, 0.25) is 11.0 Å². The number of methoxy groups -OCH3 is 2. The van der Waals surface area contributed by atoms with Crippen molar-refractivity contribution in [2.45, 2.75) is 19.4 Å². The van der Waals surface area contributed by atoms with Crippen molar-refractivity contribution in [1.82, 2.24) is 14.7 Å². The molecule has 0 fully saturated rings. The van der Waals surface area contributed by atoms with Crippen LogP contribution in [0.3, 0.4) is 0 Å². The third kappa shape index (κ3) is 6.57. The van der Waals surface area contributed by atoms with Gasteiger partial charge in [0.1, 0.15) is 17.3 Å². The van der Waals surface area contributed by atoms with Crippen molar-refractivity contribution in [2.24, 2.45) is 0 Å². The number of anilines is 1. The molecule has 0 spiro atoms. The fraction of sp³-hybridized carbons (Fsp3) is 0.381. The average molecular weight is 431 g/mol. The molecule has 2 aromatic heterocycles. The van der Waals surface area contributed by atoms with Gasteiger partial charge in [-0.25, -0.2) is 4.98 Å². The Labute approximate surface area is 180 Å². The molecule has 0 bridgehead atoms. The molecule has 0 saturated carbocycles. The van der Waals surface area contributed by atoms with E-state index >= 15 is 0 Å². The predicted molar refractivity (Wildman–Crippen MR) is 115 cm³/mol. The molecular formula is C21H26N4O4S. The topological polar surface area (TPSA) is 89.7 Å². The van der Waals surface area contributed by atoms with Gasteiger partial charge in [-0.2, -0.15) is 4.37 Å². The van der Waals surface area contributed by atoms with Crippen LogP contribution in [-0.2, 0) is 22.5 Å². The van der Waals surface area contributed by atoms with E-state index in [1.165, 1.54) is 11.5 Å². The monoisotopic (exact) mass is 430 g/mol. The number of aromatic nitrogens is 2. The lowest BCUT2D eigenvalue weighted by molar-refractivity contribution is -0.121. The summed E-state index contributed by atoms with van der Waals surface area (Å²) >= 11 is 1.33. The van der Waals surface area contributed by atoms with Crippen LogP contribution in [0, 0.1) is 0 Å². The normalized spacial score (nSPS) is 10.7. The van der Waals surface area contributed by atoms with Crippen molar-refractivity contribution in [3.8, 4) is 5.75 Å². The first-order valence-corrected chi connectivity index (χ1v) is 10.4. The molecule has 3 rings (SSSR count). The third-order valence-corrected chi connectivity index (χ3v) is 5.25. The second kappa shape index (κ2) is 11.3. The lowest BCUT2D eigenvalue weighted by atomic mass is 10.1. The van der Waals surface area contributed by atoms with Gasteiger partial charge in [0.25, 0.3) is 0 Å². The molecular weight excluding hydrogens is 404 g/mol. The van der Waals surface area contributed by atoms with E-state index in [0.717, 1.165) is 28.0 Å². The molecule has 9 heteroatoms. The molecule has 0 saturated heterocycles. The second-order valence-electron chi connectivity index (χ2n) is 6.61. The molecule has 2 heterocycles. The summed E-state index contributed by atoms with van der Waals surface area (Å²) in [5.41, 5.74) is 1.08. The van der Waals surface area contributed by atoms with Crippen molar-refractivity contribution in [3.63, 3.8) is 0 Å². The van der Waals surface area contributed by atoms with Crippen LogP contribution in [-0.4, -0.2) is 49.2 Å². The van der Waals surface area contributed by atoms with Gasteiger partial charge in [-0.15, -0.1) is 0 Å². The zero-order chi connectivity index (χ0) is 21.2. The molecule has 0 unspecified atom stereocenters. The SMILES string of the molecule is COCCN(CCC(=O)NCc1ccco1)c1nc(Cc2cccc(OC)c2)ns1. The minimum absolute atomic E-state index is 0.0464. The van der Waals surface area contributed by atoms with Gasteiger partial charge in [0, 0.05) is 44.6 Å². The molecule has 0 radical (unpaired) electrons. The Morgan fingerprint density at radius 2 is 2.13 bits per heavy atom. The van der Waals surface area contributed by atoms with E-state index in [1.54, 1.807) is 26.5 Å². The first-order valence-electron chi connectivity index (χ1n) is 9.66. The standard InChI is InChI=1S/C21H26N4O4S/c1-27-12-10-25(9-8-20(26)22-15-18-7-4-11-29-18)21-23-19(24-30-21)14-16-5-3-6-17(13-16)28-2/h3-7,11,13H,8-10,12,14-15H2,1-2H3,(H,22,26). The minimum atomic E-state index is -0.0464. The summed E-state index contributed by atoms with van der Waals surface area (Å²) in [4.78, 5) is 18.9. The molecule has 160 valence electrons. The van der Waals surface area contributed by atoms with E-state index in [4.69, 9.17) is 13.9 Å². The zero-order valence-corrected chi connectivity index (χ0v) is 18.0. The number of carbonyl (C=O) groups excluding carboxylic acids is 1. The average Bonchev–Trinajstić information content (AvgIpc) is 3.45. The van der Waals surface area contributed by atoms with E-state index in [-0.39, 0.29) is 5.91 Å². The van der Waals surface area contributed by atoms with Gasteiger partial charge in [-0.3, -0.25) is 4.79 Å². The van der Waals surface area contributed by atoms with Crippen LogP contribution in [0.4, 0.5) is 5.13 Å². The largest absolute Gasteiger partial charge is 0.497 e. The number of hydrogen-bond donors (Lipinski definition) is 1. The van der Waals surface area contributed by atoms with Crippen LogP contribution in [0.5, 0.6) is 5.75 Å². The summed E-state index contributed by atoms with van der Waals surface area (Å²) in [6.07, 6.45) is 2.55. The number of nitrogens with zero attached hydrogens (tertiary/aromatic N) is 3. The van der Waals surface area contributed by atoms with Crippen LogP contribution in [0.25, 0.3) is 0 Å². The highest BCUT2D eigenvalue weighted by Gasteiger charge is 2.15. The maximum Gasteiger partial charge on any atom is 0.222 e. The molecule has 1 N–H and O–H groups in total. The van der Waals surface area contributed by atoms with E-state index in [0.29, 0.717) is 39.1 Å². The quantitative estimate of drug-likeness (QED) is 0.472. The first-order chi connectivity index (χ1) is 14.7. The molecule has 1 aromatic carbocycles. The van der Waals surface area contributed by atoms with Crippen molar-refractivity contribution in [1.29, 1.82) is 0 Å². The van der Waals surface area contributed by atoms with Gasteiger partial charge < -0.3 is 24.1 Å². The van der Waals surface area contributed by atoms with Crippen molar-refractivity contribution >= 4 is 22.6 Å². The van der Waals surface area contributed by atoms with E-state index in [1.807, 2.05) is 35.2 Å². The lowest BCUT2D eigenvalue weighted by Gasteiger charge is -2.20. The number of rotatable bonds is 12. The highest BCUT2D eigenvalue weighted by atomic mass is 32.1. The molecule has 3 aromatic rings. The lowest BCUT2D eigenvalue weighted by Crippen LogP contribution is -2.32. The van der Waals surface area contributed by atoms with Gasteiger partial charge in [0.15, 0.2) is 0 Å². The highest BCUT2D eigenvalue weighted by molar-refractivity contribution is 7.09. The number of nitrogens with one attached hydrogen (secondary N) is 1. The molecule has 0 atom stereocenters. The molecule has 1 amide bonds. The van der Waals surface area contributed by atoms with Crippen LogP contribution in [0.2, 0.25) is 0 Å². The summed E-state index contributed by atoms with van der Waals surface area (Å²) in [5, 5.41) is 3.64. The minimum Gasteiger partial charge on any atom is -0.497 e. The Kier molecular flexibility index (Phi) is 8.22. The van der Waals surface area contributed by atoms with Crippen molar-refractivity contribution < 1.29 is 18.7 Å². The fourth-order valence-electron chi connectivity index (χ4n) is 2.84. The van der Waals surface area contributed by atoms with Gasteiger partial charge >= 0.3 is 0 Å². The summed E-state index contributed by atoms with van der Waals surface area (Å²) in [7, 11) is 3.30. The van der Waals surface area contributed by atoms with E-state index in [9.17, 15) is 4.79 Å². The Morgan fingerprint density at radius 1 is 1.23 bits per heavy atom. The van der Waals surface area contributed by atoms with Gasteiger partial charge in [-0.05, 0) is 29.8 Å². The third-order valence-electron chi connectivity index (χ3n) is 4.44. The summed E-state index contributed by atoms with van der Waals surface area (Å²) < 4.78 is 20.2. The highest BCUT2D eigenvalue weighted by Crippen LogP contribution is 2.21. The molecule has 0 aliphatic carbocycles. The molecule has 30 heavy (non-hydrogen) atoms. The van der Waals surface area contributed by atoms with E-state index in [2.05, 4.69) is 14.7 Å². The summed E-state index contributed by atoms with van der Waals surface area (Å²) in [6.45, 7) is 2.09. The smallest absolute Gasteiger partial charge is 0.222 e. The Balaban J connectivity index is 1.57. The van der Waals surface area contributed by atoms with Crippen LogP contribution in [0.15, 0.2) is 47.1 Å². The summed E-state index contributed by atoms with van der Waals surface area (Å²) in [6, 6.07) is 11.5. The van der Waals surface area contributed by atoms with Crippen molar-refractivity contribution in [3.05, 3.63) is 59.8 Å². The maximum absolute atomic E-state index is 12.2. The Hall–Kier alpha value is -2.91. The molecule has 0 aliphatic heterocycles. The molecule has 0 aliphatic rings. The Bertz CT molecular complexity index is 913. The van der Waals surface area contributed by atoms with Gasteiger partial charge in [-0.1, -0.05) is 12.1 Å². The Morgan fingerprint density at radius 3 is 2.90 bits per heavy atom. The van der Waals surface area contributed by atoms with Crippen LogP contribution < -0.4 is 15.0 Å². The fourth-order valence-corrected chi connectivity index (χ4v) is 3.57. The van der Waals surface area contributed by atoms with Crippen LogP contribution in [0.1, 0.15) is 23.6 Å². The van der Waals surface area contributed by atoms with Crippen molar-refractivity contribution in [2.75, 3.05) is 38.8 Å². The molecule has 8 nitrogen and oxygen atoms in total. The first kappa shape index (κ1) is 21.8. The number of ether oxygens (including phenoxy) is 2. The number of hydrogen-bond acceptors (Lipinski definition) is 8.